The molecule has 0 saturated carbocycles. The summed E-state index contributed by atoms with van der Waals surface area (Å²) < 4.78 is 1.83. The lowest BCUT2D eigenvalue weighted by Gasteiger charge is -2.15. The number of nitrogens with one attached hydrogen (secondary N) is 1. The Labute approximate surface area is 258 Å². The molecule has 6 aromatic rings. The molecule has 0 fully saturated rings. The molecule has 10 heteroatoms. The van der Waals surface area contributed by atoms with Crippen LogP contribution in [0.5, 0.6) is 0 Å². The summed E-state index contributed by atoms with van der Waals surface area (Å²) >= 11 is 1.68. The van der Waals surface area contributed by atoms with E-state index in [2.05, 4.69) is 75.3 Å². The molecule has 1 aliphatic rings. The molecule has 0 aliphatic carbocycles. The average Bonchev–Trinajstić information content (AvgIpc) is 3.85. The first-order valence-corrected chi connectivity index (χ1v) is 15.7. The van der Waals surface area contributed by atoms with Gasteiger partial charge in [-0.2, -0.15) is 5.21 Å². The van der Waals surface area contributed by atoms with Gasteiger partial charge in [0, 0.05) is 18.4 Å². The number of nitrogens with zero attached hydrogens (tertiary/aromatic N) is 6. The van der Waals surface area contributed by atoms with E-state index in [1.54, 1.807) is 11.3 Å². The third-order valence-electron chi connectivity index (χ3n) is 7.99. The second kappa shape index (κ2) is 12.0. The molecule has 9 nitrogen and oxygen atoms in total. The summed E-state index contributed by atoms with van der Waals surface area (Å²) in [4.78, 5) is 26.0. The van der Waals surface area contributed by atoms with Gasteiger partial charge in [-0.3, -0.25) is 9.36 Å². The molecule has 3 aromatic heterocycles. The maximum Gasteiger partial charge on any atom is 0.261 e. The van der Waals surface area contributed by atoms with Gasteiger partial charge in [0.1, 0.15) is 11.5 Å². The van der Waals surface area contributed by atoms with Crippen molar-refractivity contribution in [3.8, 4) is 22.5 Å². The minimum Gasteiger partial charge on any atom is -0.387 e. The fourth-order valence-corrected chi connectivity index (χ4v) is 6.53. The highest BCUT2D eigenvalue weighted by molar-refractivity contribution is 7.12. The Bertz CT molecular complexity index is 2030. The zero-order valence-electron chi connectivity index (χ0n) is 24.5. The van der Waals surface area contributed by atoms with Crippen LogP contribution in [0.3, 0.4) is 0 Å². The zero-order valence-corrected chi connectivity index (χ0v) is 25.3. The maximum atomic E-state index is 14.1. The lowest BCUT2D eigenvalue weighted by atomic mass is 9.98. The van der Waals surface area contributed by atoms with E-state index in [9.17, 15) is 4.79 Å². The fourth-order valence-electron chi connectivity index (χ4n) is 5.64. The lowest BCUT2D eigenvalue weighted by molar-refractivity contribution is 0.0858. The molecule has 220 valence electrons. The second-order valence-electron chi connectivity index (χ2n) is 11.1. The van der Waals surface area contributed by atoms with Crippen molar-refractivity contribution in [2.45, 2.75) is 52.2 Å². The van der Waals surface area contributed by atoms with Gasteiger partial charge in [-0.15, -0.1) is 21.5 Å². The molecule has 0 saturated heterocycles. The predicted octanol–water partition coefficient (Wildman–Crippen LogP) is 6.87. The van der Waals surface area contributed by atoms with Crippen LogP contribution < -0.4 is 5.56 Å². The van der Waals surface area contributed by atoms with E-state index < -0.39 is 0 Å². The van der Waals surface area contributed by atoms with Gasteiger partial charge in [0.05, 0.1) is 22.3 Å². The number of oxime groups is 1. The van der Waals surface area contributed by atoms with Gasteiger partial charge < -0.3 is 4.84 Å². The highest BCUT2D eigenvalue weighted by Gasteiger charge is 2.25. The van der Waals surface area contributed by atoms with E-state index in [4.69, 9.17) is 9.82 Å². The molecule has 1 unspecified atom stereocenters. The van der Waals surface area contributed by atoms with Crippen molar-refractivity contribution in [3.63, 3.8) is 0 Å². The molecule has 44 heavy (non-hydrogen) atoms. The van der Waals surface area contributed by atoms with Crippen molar-refractivity contribution in [3.05, 3.63) is 116 Å². The third-order valence-corrected chi connectivity index (χ3v) is 9.08. The first-order valence-electron chi connectivity index (χ1n) is 14.8. The topological polar surface area (TPSA) is 111 Å². The molecule has 1 atom stereocenters. The number of tetrazole rings is 1. The molecule has 0 bridgehead atoms. The number of benzene rings is 3. The van der Waals surface area contributed by atoms with Crippen LogP contribution in [-0.2, 0) is 17.8 Å². The number of aryl methyl sites for hydroxylation is 2. The normalized spacial score (nSPS) is 14.6. The Balaban J connectivity index is 1.19. The highest BCUT2D eigenvalue weighted by Crippen LogP contribution is 2.33. The fraction of sp³-hybridized carbons (Fsp3) is 0.235. The average molecular weight is 602 g/mol. The Morgan fingerprint density at radius 3 is 2.64 bits per heavy atom. The van der Waals surface area contributed by atoms with Gasteiger partial charge in [-0.1, -0.05) is 73.1 Å². The van der Waals surface area contributed by atoms with Crippen molar-refractivity contribution in [1.29, 1.82) is 0 Å². The smallest absolute Gasteiger partial charge is 0.261 e. The van der Waals surface area contributed by atoms with E-state index in [1.165, 1.54) is 5.56 Å². The summed E-state index contributed by atoms with van der Waals surface area (Å²) in [5, 5.41) is 21.6. The van der Waals surface area contributed by atoms with Crippen molar-refractivity contribution < 1.29 is 4.84 Å². The monoisotopic (exact) mass is 601 g/mol. The van der Waals surface area contributed by atoms with Crippen molar-refractivity contribution >= 4 is 28.0 Å². The summed E-state index contributed by atoms with van der Waals surface area (Å²) in [6, 6.07) is 24.3. The van der Waals surface area contributed by atoms with Crippen molar-refractivity contribution in [2.24, 2.45) is 5.16 Å². The predicted molar refractivity (Wildman–Crippen MR) is 173 cm³/mol. The van der Waals surface area contributed by atoms with Crippen LogP contribution in [0.4, 0.5) is 0 Å². The molecule has 0 spiro atoms. The summed E-state index contributed by atoms with van der Waals surface area (Å²) in [6.07, 6.45) is 3.16. The number of rotatable bonds is 9. The number of aromatic amines is 1. The SMILES string of the molecule is CCCCc1nc2ccc(C3CC(c4cc(C)cs4)=NO3)cc2c(=O)n1Cc1ccc(-c2ccccc2-c2nn[nH]n2)cc1. The van der Waals surface area contributed by atoms with E-state index in [0.29, 0.717) is 29.7 Å². The highest BCUT2D eigenvalue weighted by atomic mass is 32.1. The Morgan fingerprint density at radius 1 is 1.05 bits per heavy atom. The Kier molecular flexibility index (Phi) is 7.57. The van der Waals surface area contributed by atoms with Crippen LogP contribution in [0.2, 0.25) is 0 Å². The van der Waals surface area contributed by atoms with Gasteiger partial charge in [-0.05, 0) is 70.0 Å². The van der Waals surface area contributed by atoms with E-state index >= 15 is 0 Å². The number of unbranched alkanes of at least 4 members (excludes halogenated alkanes) is 1. The first kappa shape index (κ1) is 27.8. The summed E-state index contributed by atoms with van der Waals surface area (Å²) in [5.74, 6) is 1.35. The van der Waals surface area contributed by atoms with Gasteiger partial charge in [0.2, 0.25) is 5.82 Å². The molecular formula is C34H31N7O2S. The van der Waals surface area contributed by atoms with E-state index in [0.717, 1.165) is 63.5 Å². The third kappa shape index (κ3) is 5.44. The standard InChI is InChI=1S/C34H31N7O2S/c1-3-4-9-32-35-28-15-14-24(30-18-29(38-43-30)31-16-21(2)20-44-31)17-27(28)34(42)41(32)19-22-10-12-23(13-11-22)25-7-5-6-8-26(25)33-36-39-40-37-33/h5-8,10-17,20,30H,3-4,9,18-19H2,1-2H3,(H,36,37,39,40). The molecule has 0 amide bonds. The second-order valence-corrected chi connectivity index (χ2v) is 12.0. The number of H-pyrrole nitrogens is 1. The number of hydrogen-bond donors (Lipinski definition) is 1. The van der Waals surface area contributed by atoms with Crippen molar-refractivity contribution in [2.75, 3.05) is 0 Å². The zero-order chi connectivity index (χ0) is 30.0. The van der Waals surface area contributed by atoms with Crippen LogP contribution in [0.25, 0.3) is 33.4 Å². The van der Waals surface area contributed by atoms with Gasteiger partial charge in [0.15, 0.2) is 6.10 Å². The maximum absolute atomic E-state index is 14.1. The van der Waals surface area contributed by atoms with Gasteiger partial charge >= 0.3 is 0 Å². The van der Waals surface area contributed by atoms with E-state index in [-0.39, 0.29) is 11.7 Å². The van der Waals surface area contributed by atoms with Crippen LogP contribution >= 0.6 is 11.3 Å². The number of hydrogen-bond acceptors (Lipinski definition) is 8. The minimum absolute atomic E-state index is 0.0393. The van der Waals surface area contributed by atoms with Gasteiger partial charge in [0.25, 0.3) is 5.56 Å². The number of aromatic nitrogens is 6. The first-order chi connectivity index (χ1) is 21.6. The van der Waals surface area contributed by atoms with Crippen LogP contribution in [0.1, 0.15) is 59.7 Å². The van der Waals surface area contributed by atoms with E-state index in [1.807, 2.05) is 47.0 Å². The van der Waals surface area contributed by atoms with Crippen LogP contribution in [-0.4, -0.2) is 35.9 Å². The molecule has 1 N–H and O–H groups in total. The van der Waals surface area contributed by atoms with Crippen molar-refractivity contribution in [1.82, 2.24) is 30.2 Å². The quantitative estimate of drug-likeness (QED) is 0.194. The molecule has 3 aromatic carbocycles. The Morgan fingerprint density at radius 2 is 1.89 bits per heavy atom. The summed E-state index contributed by atoms with van der Waals surface area (Å²) in [5.41, 5.74) is 7.73. The number of fused-ring (bicyclic) bond motifs is 1. The molecule has 0 radical (unpaired) electrons. The van der Waals surface area contributed by atoms with Gasteiger partial charge in [-0.25, -0.2) is 4.98 Å². The summed E-state index contributed by atoms with van der Waals surface area (Å²) in [6.45, 7) is 4.66. The lowest BCUT2D eigenvalue weighted by Crippen LogP contribution is -2.26. The largest absolute Gasteiger partial charge is 0.387 e. The number of thiophene rings is 1. The molecule has 7 rings (SSSR count). The molecule has 4 heterocycles. The minimum atomic E-state index is -0.229. The Hall–Kier alpha value is -4.96. The molecular weight excluding hydrogens is 570 g/mol. The van der Waals surface area contributed by atoms with Crippen LogP contribution in [0, 0.1) is 6.92 Å². The van der Waals surface area contributed by atoms with Crippen LogP contribution in [0.15, 0.2) is 88.1 Å². The molecule has 1 aliphatic heterocycles. The summed E-state index contributed by atoms with van der Waals surface area (Å²) in [7, 11) is 0.